The normalized spacial score (nSPS) is 22.7. The predicted molar refractivity (Wildman–Crippen MR) is 82.5 cm³/mol. The van der Waals surface area contributed by atoms with Gasteiger partial charge in [-0.3, -0.25) is 4.79 Å². The van der Waals surface area contributed by atoms with Crippen LogP contribution in [0.4, 0.5) is 0 Å². The molecule has 0 spiro atoms. The first-order valence-electron chi connectivity index (χ1n) is 7.64. The second-order valence-electron chi connectivity index (χ2n) is 5.59. The molecule has 0 unspecified atom stereocenters. The Kier molecular flexibility index (Phi) is 5.40. The van der Waals surface area contributed by atoms with E-state index in [1.165, 1.54) is 0 Å². The van der Waals surface area contributed by atoms with Gasteiger partial charge in [0.1, 0.15) is 5.75 Å². The van der Waals surface area contributed by atoms with Crippen molar-refractivity contribution in [2.45, 2.75) is 45.4 Å². The van der Waals surface area contributed by atoms with Gasteiger partial charge in [-0.25, -0.2) is 0 Å². The summed E-state index contributed by atoms with van der Waals surface area (Å²) in [6.07, 6.45) is 0.350. The maximum absolute atomic E-state index is 12.6. The number of nitriles is 1. The van der Waals surface area contributed by atoms with E-state index in [-0.39, 0.29) is 18.1 Å². The number of carbonyl (C=O) groups is 1. The second kappa shape index (κ2) is 7.28. The Labute approximate surface area is 131 Å². The van der Waals surface area contributed by atoms with Crippen molar-refractivity contribution in [3.05, 3.63) is 29.8 Å². The van der Waals surface area contributed by atoms with E-state index in [0.29, 0.717) is 24.5 Å². The molecule has 1 aromatic carbocycles. The van der Waals surface area contributed by atoms with E-state index in [1.807, 2.05) is 11.8 Å². The number of hydrogen-bond donors (Lipinski definition) is 0. The van der Waals surface area contributed by atoms with Gasteiger partial charge in [0, 0.05) is 6.54 Å². The Balaban J connectivity index is 2.02. The molecule has 5 nitrogen and oxygen atoms in total. The molecule has 1 aliphatic heterocycles. The molecule has 3 atom stereocenters. The van der Waals surface area contributed by atoms with Crippen LogP contribution in [-0.4, -0.2) is 42.2 Å². The molecule has 2 rings (SSSR count). The van der Waals surface area contributed by atoms with Crippen molar-refractivity contribution < 1.29 is 14.3 Å². The molecule has 1 saturated heterocycles. The lowest BCUT2D eigenvalue weighted by Crippen LogP contribution is -2.54. The monoisotopic (exact) mass is 302 g/mol. The summed E-state index contributed by atoms with van der Waals surface area (Å²) in [6, 6.07) is 8.94. The van der Waals surface area contributed by atoms with Crippen molar-refractivity contribution >= 4 is 5.91 Å². The third-order valence-corrected chi connectivity index (χ3v) is 3.87. The molecule has 0 N–H and O–H groups in total. The minimum Gasteiger partial charge on any atom is -0.481 e. The van der Waals surface area contributed by atoms with Gasteiger partial charge in [-0.15, -0.1) is 0 Å². The minimum atomic E-state index is -0.563. The topological polar surface area (TPSA) is 62.6 Å². The van der Waals surface area contributed by atoms with Gasteiger partial charge < -0.3 is 14.4 Å². The molecule has 0 radical (unpaired) electrons. The molecule has 0 saturated carbocycles. The Morgan fingerprint density at radius 2 is 2.18 bits per heavy atom. The summed E-state index contributed by atoms with van der Waals surface area (Å²) in [5.41, 5.74) is 0.569. The summed E-state index contributed by atoms with van der Waals surface area (Å²) in [6.45, 7) is 6.95. The van der Waals surface area contributed by atoms with Gasteiger partial charge >= 0.3 is 0 Å². The maximum atomic E-state index is 12.6. The summed E-state index contributed by atoms with van der Waals surface area (Å²) in [4.78, 5) is 14.5. The zero-order chi connectivity index (χ0) is 16.1. The number of rotatable bonds is 4. The van der Waals surface area contributed by atoms with Crippen LogP contribution in [-0.2, 0) is 9.53 Å². The van der Waals surface area contributed by atoms with Crippen LogP contribution in [0.2, 0.25) is 0 Å². The van der Waals surface area contributed by atoms with Crippen molar-refractivity contribution in [2.75, 3.05) is 13.2 Å². The molecule has 5 heteroatoms. The predicted octanol–water partition coefficient (Wildman–Crippen LogP) is 2.35. The van der Waals surface area contributed by atoms with Crippen molar-refractivity contribution in [1.82, 2.24) is 4.90 Å². The third kappa shape index (κ3) is 3.77. The third-order valence-electron chi connectivity index (χ3n) is 3.87. The molecule has 1 aliphatic rings. The lowest BCUT2D eigenvalue weighted by atomic mass is 10.1. The molecule has 1 aromatic rings. The molecule has 22 heavy (non-hydrogen) atoms. The molecule has 1 amide bonds. The number of ether oxygens (including phenoxy) is 2. The smallest absolute Gasteiger partial charge is 0.263 e. The number of carbonyl (C=O) groups excluding carboxylic acids is 1. The lowest BCUT2D eigenvalue weighted by molar-refractivity contribution is -0.151. The van der Waals surface area contributed by atoms with E-state index >= 15 is 0 Å². The highest BCUT2D eigenvalue weighted by molar-refractivity contribution is 5.81. The number of amides is 1. The average Bonchev–Trinajstić information content (AvgIpc) is 2.54. The van der Waals surface area contributed by atoms with Crippen molar-refractivity contribution in [3.63, 3.8) is 0 Å². The number of benzene rings is 1. The maximum Gasteiger partial charge on any atom is 0.263 e. The van der Waals surface area contributed by atoms with Gasteiger partial charge in [0.25, 0.3) is 5.91 Å². The largest absolute Gasteiger partial charge is 0.481 e. The van der Waals surface area contributed by atoms with Crippen LogP contribution >= 0.6 is 0 Å². The highest BCUT2D eigenvalue weighted by atomic mass is 16.5. The lowest BCUT2D eigenvalue weighted by Gasteiger charge is -2.39. The molecule has 0 aromatic heterocycles. The minimum absolute atomic E-state index is 0.0219. The van der Waals surface area contributed by atoms with Gasteiger partial charge in [-0.05, 0) is 44.5 Å². The zero-order valence-corrected chi connectivity index (χ0v) is 13.3. The first kappa shape index (κ1) is 16.3. The van der Waals surface area contributed by atoms with Crippen LogP contribution in [0.3, 0.4) is 0 Å². The molecule has 1 fully saturated rings. The van der Waals surface area contributed by atoms with E-state index in [1.54, 1.807) is 31.2 Å². The first-order chi connectivity index (χ1) is 10.5. The summed E-state index contributed by atoms with van der Waals surface area (Å²) >= 11 is 0. The summed E-state index contributed by atoms with van der Waals surface area (Å²) in [5, 5.41) is 8.79. The van der Waals surface area contributed by atoms with Gasteiger partial charge in [0.15, 0.2) is 6.10 Å². The molecule has 0 bridgehead atoms. The molecule has 1 heterocycles. The fourth-order valence-electron chi connectivity index (χ4n) is 2.55. The first-order valence-corrected chi connectivity index (χ1v) is 7.64. The second-order valence-corrected chi connectivity index (χ2v) is 5.59. The Bertz CT molecular complexity index is 550. The van der Waals surface area contributed by atoms with Gasteiger partial charge in [0.2, 0.25) is 0 Å². The average molecular weight is 302 g/mol. The highest BCUT2D eigenvalue weighted by Gasteiger charge is 2.32. The molecular weight excluding hydrogens is 280 g/mol. The summed E-state index contributed by atoms with van der Waals surface area (Å²) in [5.74, 6) is 0.570. The van der Waals surface area contributed by atoms with Gasteiger partial charge in [0.05, 0.1) is 30.4 Å². The summed E-state index contributed by atoms with van der Waals surface area (Å²) < 4.78 is 11.3. The van der Waals surface area contributed by atoms with Gasteiger partial charge in [-0.2, -0.15) is 5.26 Å². The fourth-order valence-corrected chi connectivity index (χ4v) is 2.55. The Morgan fingerprint density at radius 1 is 1.50 bits per heavy atom. The number of hydrogen-bond acceptors (Lipinski definition) is 4. The van der Waals surface area contributed by atoms with Crippen LogP contribution < -0.4 is 4.74 Å². The molecular formula is C17H22N2O3. The SMILES string of the molecule is CC[C@@H]1CO[C@@H](C)CN1C(=O)[C@@H](C)Oc1ccc(C#N)cc1. The summed E-state index contributed by atoms with van der Waals surface area (Å²) in [7, 11) is 0. The van der Waals surface area contributed by atoms with E-state index in [4.69, 9.17) is 14.7 Å². The van der Waals surface area contributed by atoms with Gasteiger partial charge in [-0.1, -0.05) is 6.92 Å². The number of morpholine rings is 1. The van der Waals surface area contributed by atoms with Crippen molar-refractivity contribution in [1.29, 1.82) is 5.26 Å². The van der Waals surface area contributed by atoms with Crippen LogP contribution in [0.15, 0.2) is 24.3 Å². The quantitative estimate of drug-likeness (QED) is 0.856. The van der Waals surface area contributed by atoms with E-state index in [9.17, 15) is 4.79 Å². The molecule has 118 valence electrons. The fraction of sp³-hybridized carbons (Fsp3) is 0.529. The van der Waals surface area contributed by atoms with Crippen molar-refractivity contribution in [2.24, 2.45) is 0 Å². The van der Waals surface area contributed by atoms with E-state index in [0.717, 1.165) is 6.42 Å². The number of nitrogens with zero attached hydrogens (tertiary/aromatic N) is 2. The van der Waals surface area contributed by atoms with Crippen molar-refractivity contribution in [3.8, 4) is 11.8 Å². The van der Waals surface area contributed by atoms with Crippen LogP contribution in [0.25, 0.3) is 0 Å². The van der Waals surface area contributed by atoms with E-state index < -0.39 is 6.10 Å². The Morgan fingerprint density at radius 3 is 2.77 bits per heavy atom. The van der Waals surface area contributed by atoms with Crippen LogP contribution in [0.5, 0.6) is 5.75 Å². The van der Waals surface area contributed by atoms with Crippen LogP contribution in [0.1, 0.15) is 32.8 Å². The van der Waals surface area contributed by atoms with E-state index in [2.05, 4.69) is 13.0 Å². The zero-order valence-electron chi connectivity index (χ0n) is 13.3. The Hall–Kier alpha value is -2.06. The molecule has 0 aliphatic carbocycles. The standard InChI is InChI=1S/C17H22N2O3/c1-4-15-11-21-12(2)10-19(15)17(20)13(3)22-16-7-5-14(9-18)6-8-16/h5-8,12-13,15H,4,10-11H2,1-3H3/t12-,13+,15+/m0/s1. The van der Waals surface area contributed by atoms with Crippen LogP contribution in [0, 0.1) is 11.3 Å². The highest BCUT2D eigenvalue weighted by Crippen LogP contribution is 2.19.